The molecule has 3 unspecified atom stereocenters. The molecule has 0 saturated carbocycles. The molecule has 6 nitrogen and oxygen atoms in total. The fourth-order valence-electron chi connectivity index (χ4n) is 3.59. The third-order valence-corrected chi connectivity index (χ3v) is 4.99. The van der Waals surface area contributed by atoms with Crippen molar-refractivity contribution in [3.63, 3.8) is 0 Å². The number of ether oxygens (including phenoxy) is 2. The van der Waals surface area contributed by atoms with Crippen molar-refractivity contribution in [3.8, 4) is 0 Å². The van der Waals surface area contributed by atoms with Gasteiger partial charge in [-0.3, -0.25) is 4.90 Å². The van der Waals surface area contributed by atoms with Gasteiger partial charge in [0.15, 0.2) is 6.10 Å². The second kappa shape index (κ2) is 6.45. The van der Waals surface area contributed by atoms with Crippen LogP contribution in [0.3, 0.4) is 0 Å². The molecular weight excluding hydrogens is 298 g/mol. The van der Waals surface area contributed by atoms with Gasteiger partial charge in [0, 0.05) is 18.7 Å². The van der Waals surface area contributed by atoms with E-state index in [1.54, 1.807) is 19.9 Å². The number of esters is 2. The molecule has 3 rings (SSSR count). The van der Waals surface area contributed by atoms with Crippen molar-refractivity contribution in [2.75, 3.05) is 19.7 Å². The zero-order valence-electron chi connectivity index (χ0n) is 13.5. The molecule has 0 bridgehead atoms. The van der Waals surface area contributed by atoms with E-state index in [0.717, 1.165) is 25.1 Å². The Kier molecular flexibility index (Phi) is 4.55. The summed E-state index contributed by atoms with van der Waals surface area (Å²) in [5, 5.41) is 10.1. The van der Waals surface area contributed by atoms with Crippen LogP contribution in [0.15, 0.2) is 23.3 Å². The lowest BCUT2D eigenvalue weighted by molar-refractivity contribution is -0.156. The number of hydrogen-bond acceptors (Lipinski definition) is 6. The quantitative estimate of drug-likeness (QED) is 0.404. The topological polar surface area (TPSA) is 76.1 Å². The molecule has 1 N–H and O–H groups in total. The normalized spacial score (nSPS) is 37.5. The highest BCUT2D eigenvalue weighted by Gasteiger charge is 2.42. The third-order valence-electron chi connectivity index (χ3n) is 4.99. The molecule has 126 valence electrons. The highest BCUT2D eigenvalue weighted by atomic mass is 16.6. The molecule has 0 aromatic heterocycles. The molecule has 0 aromatic rings. The number of aliphatic hydroxyl groups is 1. The molecule has 4 atom stereocenters. The molecule has 3 heterocycles. The zero-order chi connectivity index (χ0) is 16.6. The number of aliphatic hydroxyl groups excluding tert-OH is 1. The average Bonchev–Trinajstić information content (AvgIpc) is 3.11. The molecule has 23 heavy (non-hydrogen) atoms. The van der Waals surface area contributed by atoms with Crippen LogP contribution in [0.1, 0.15) is 26.7 Å². The van der Waals surface area contributed by atoms with Gasteiger partial charge in [-0.25, -0.2) is 9.59 Å². The van der Waals surface area contributed by atoms with Gasteiger partial charge in [0.2, 0.25) is 0 Å². The maximum Gasteiger partial charge on any atom is 0.335 e. The Bertz CT molecular complexity index is 567. The van der Waals surface area contributed by atoms with Crippen LogP contribution >= 0.6 is 0 Å². The maximum atomic E-state index is 12.4. The van der Waals surface area contributed by atoms with E-state index in [1.165, 1.54) is 0 Å². The van der Waals surface area contributed by atoms with Crippen molar-refractivity contribution in [2.45, 2.75) is 44.9 Å². The molecule has 0 aliphatic carbocycles. The van der Waals surface area contributed by atoms with Gasteiger partial charge in [-0.15, -0.1) is 0 Å². The molecule has 0 aromatic carbocycles. The second-order valence-corrected chi connectivity index (χ2v) is 6.50. The Morgan fingerprint density at radius 3 is 2.91 bits per heavy atom. The van der Waals surface area contributed by atoms with E-state index in [2.05, 4.69) is 4.90 Å². The van der Waals surface area contributed by atoms with E-state index in [4.69, 9.17) is 9.47 Å². The van der Waals surface area contributed by atoms with Gasteiger partial charge in [0.25, 0.3) is 0 Å². The van der Waals surface area contributed by atoms with Gasteiger partial charge in [-0.1, -0.05) is 19.1 Å². The van der Waals surface area contributed by atoms with Gasteiger partial charge in [-0.05, 0) is 31.3 Å². The van der Waals surface area contributed by atoms with Gasteiger partial charge in [0.05, 0.1) is 6.04 Å². The molecule has 2 fully saturated rings. The monoisotopic (exact) mass is 321 g/mol. The first kappa shape index (κ1) is 16.2. The highest BCUT2D eigenvalue weighted by Crippen LogP contribution is 2.32. The van der Waals surface area contributed by atoms with E-state index in [-0.39, 0.29) is 31.1 Å². The summed E-state index contributed by atoms with van der Waals surface area (Å²) in [6, 6.07) is -0.0150. The number of nitrogens with zero attached hydrogens (tertiary/aromatic N) is 1. The number of carbonyl (C=O) groups excluding carboxylic acids is 2. The first-order chi connectivity index (χ1) is 11.0. The van der Waals surface area contributed by atoms with E-state index in [1.807, 2.05) is 6.08 Å². The summed E-state index contributed by atoms with van der Waals surface area (Å²) in [5.41, 5.74) is 1.45. The SMILES string of the molecule is C/C=C1\CC(C)C(O)C(=O)OCC2=CCN3CC[C@H](OC1=O)C23. The minimum atomic E-state index is -1.24. The van der Waals surface area contributed by atoms with E-state index in [0.29, 0.717) is 5.57 Å². The number of allylic oxidation sites excluding steroid dienone is 1. The minimum Gasteiger partial charge on any atom is -0.459 e. The first-order valence-electron chi connectivity index (χ1n) is 8.15. The van der Waals surface area contributed by atoms with Crippen LogP contribution in [0.25, 0.3) is 0 Å². The Balaban J connectivity index is 1.87. The Morgan fingerprint density at radius 2 is 2.17 bits per heavy atom. The van der Waals surface area contributed by atoms with Gasteiger partial charge < -0.3 is 14.6 Å². The van der Waals surface area contributed by atoms with Crippen molar-refractivity contribution in [1.29, 1.82) is 0 Å². The molecule has 2 saturated heterocycles. The fourth-order valence-corrected chi connectivity index (χ4v) is 3.59. The average molecular weight is 321 g/mol. The van der Waals surface area contributed by atoms with E-state index >= 15 is 0 Å². The van der Waals surface area contributed by atoms with Crippen LogP contribution in [0, 0.1) is 5.92 Å². The Labute approximate surface area is 135 Å². The number of rotatable bonds is 0. The largest absolute Gasteiger partial charge is 0.459 e. The molecule has 0 spiro atoms. The minimum absolute atomic E-state index is 0.0150. The lowest BCUT2D eigenvalue weighted by Crippen LogP contribution is -2.38. The van der Waals surface area contributed by atoms with E-state index < -0.39 is 18.0 Å². The summed E-state index contributed by atoms with van der Waals surface area (Å²) in [6.45, 7) is 5.28. The summed E-state index contributed by atoms with van der Waals surface area (Å²) < 4.78 is 11.0. The predicted octanol–water partition coefficient (Wildman–Crippen LogP) is 0.803. The third kappa shape index (κ3) is 3.05. The van der Waals surface area contributed by atoms with Crippen LogP contribution < -0.4 is 0 Å². The molecule has 0 radical (unpaired) electrons. The lowest BCUT2D eigenvalue weighted by Gasteiger charge is -2.26. The standard InChI is InChI=1S/C17H23NO5/c1-3-11-8-10(2)15(19)17(21)22-9-12-4-6-18-7-5-13(14(12)18)23-16(11)20/h3-4,10,13-15,19H,5-9H2,1-2H3/b11-3+/t10?,13-,14?,15?/m0/s1. The van der Waals surface area contributed by atoms with Crippen molar-refractivity contribution in [1.82, 2.24) is 4.90 Å². The fraction of sp³-hybridized carbons (Fsp3) is 0.647. The highest BCUT2D eigenvalue weighted by molar-refractivity contribution is 5.88. The van der Waals surface area contributed by atoms with Gasteiger partial charge in [0.1, 0.15) is 12.7 Å². The van der Waals surface area contributed by atoms with Crippen molar-refractivity contribution >= 4 is 11.9 Å². The summed E-state index contributed by atoms with van der Waals surface area (Å²) in [6.07, 6.45) is 3.35. The van der Waals surface area contributed by atoms with Crippen LogP contribution in [0.4, 0.5) is 0 Å². The molecule has 6 heteroatoms. The van der Waals surface area contributed by atoms with Gasteiger partial charge >= 0.3 is 11.9 Å². The number of cyclic esters (lactones) is 1. The summed E-state index contributed by atoms with van der Waals surface area (Å²) in [4.78, 5) is 26.7. The van der Waals surface area contributed by atoms with Crippen LogP contribution in [-0.2, 0) is 19.1 Å². The second-order valence-electron chi connectivity index (χ2n) is 6.50. The Morgan fingerprint density at radius 1 is 1.39 bits per heavy atom. The van der Waals surface area contributed by atoms with Crippen molar-refractivity contribution in [2.24, 2.45) is 5.92 Å². The first-order valence-corrected chi connectivity index (χ1v) is 8.15. The van der Waals surface area contributed by atoms with Crippen LogP contribution in [0.2, 0.25) is 0 Å². The van der Waals surface area contributed by atoms with Crippen molar-refractivity contribution < 1.29 is 24.2 Å². The number of hydrogen-bond donors (Lipinski definition) is 1. The molecule has 3 aliphatic heterocycles. The molecule has 3 aliphatic rings. The molecule has 0 amide bonds. The summed E-state index contributed by atoms with van der Waals surface area (Å²) in [7, 11) is 0. The maximum absolute atomic E-state index is 12.4. The van der Waals surface area contributed by atoms with Crippen LogP contribution in [-0.4, -0.2) is 59.9 Å². The predicted molar refractivity (Wildman–Crippen MR) is 82.4 cm³/mol. The Hall–Kier alpha value is -1.66. The van der Waals surface area contributed by atoms with Gasteiger partial charge in [-0.2, -0.15) is 0 Å². The smallest absolute Gasteiger partial charge is 0.335 e. The van der Waals surface area contributed by atoms with E-state index in [9.17, 15) is 14.7 Å². The summed E-state index contributed by atoms with van der Waals surface area (Å²) >= 11 is 0. The summed E-state index contributed by atoms with van der Waals surface area (Å²) in [5.74, 6) is -1.39. The van der Waals surface area contributed by atoms with Crippen molar-refractivity contribution in [3.05, 3.63) is 23.3 Å². The lowest BCUT2D eigenvalue weighted by atomic mass is 9.95. The van der Waals surface area contributed by atoms with Crippen LogP contribution in [0.5, 0.6) is 0 Å². The number of carbonyl (C=O) groups is 2. The zero-order valence-corrected chi connectivity index (χ0v) is 13.5. The molecular formula is C17H23NO5.